The van der Waals surface area contributed by atoms with Crippen LogP contribution in [-0.4, -0.2) is 47.8 Å². The number of likely N-dealkylation sites (N-methyl/N-ethyl adjacent to an activating group) is 1. The fourth-order valence-electron chi connectivity index (χ4n) is 1.87. The summed E-state index contributed by atoms with van der Waals surface area (Å²) in [7, 11) is 1.84. The van der Waals surface area contributed by atoms with Crippen LogP contribution in [0.25, 0.3) is 11.4 Å². The maximum atomic E-state index is 11.4. The Morgan fingerprint density at radius 1 is 1.36 bits per heavy atom. The van der Waals surface area contributed by atoms with Gasteiger partial charge in [0.2, 0.25) is 11.7 Å². The van der Waals surface area contributed by atoms with Gasteiger partial charge in [-0.25, -0.2) is 0 Å². The normalized spacial score (nSPS) is 10.9. The molecule has 2 rings (SSSR count). The Hall–Kier alpha value is -1.92. The Balaban J connectivity index is 1.87. The summed E-state index contributed by atoms with van der Waals surface area (Å²) >= 11 is 5.85. The standard InChI is InChI=1S/C15H18ClN3O3/c1-3-21-14(20)10-19(2)9-8-13-17-15(18-22-13)11-4-6-12(16)7-5-11/h4-7H,3,8-10H2,1-2H3. The summed E-state index contributed by atoms with van der Waals surface area (Å²) in [5.74, 6) is 0.817. The lowest BCUT2D eigenvalue weighted by Crippen LogP contribution is -2.29. The van der Waals surface area contributed by atoms with Gasteiger partial charge in [-0.3, -0.25) is 9.69 Å². The first-order chi connectivity index (χ1) is 10.6. The van der Waals surface area contributed by atoms with Crippen molar-refractivity contribution in [2.45, 2.75) is 13.3 Å². The Bertz CT molecular complexity index is 613. The molecule has 0 aliphatic rings. The Labute approximate surface area is 134 Å². The van der Waals surface area contributed by atoms with E-state index in [0.29, 0.717) is 36.3 Å². The number of carbonyl (C=O) groups is 1. The monoisotopic (exact) mass is 323 g/mol. The van der Waals surface area contributed by atoms with Crippen LogP contribution in [0.4, 0.5) is 0 Å². The smallest absolute Gasteiger partial charge is 0.320 e. The highest BCUT2D eigenvalue weighted by atomic mass is 35.5. The van der Waals surface area contributed by atoms with Crippen molar-refractivity contribution in [1.82, 2.24) is 15.0 Å². The van der Waals surface area contributed by atoms with Crippen molar-refractivity contribution in [2.75, 3.05) is 26.7 Å². The van der Waals surface area contributed by atoms with Crippen LogP contribution in [0.1, 0.15) is 12.8 Å². The van der Waals surface area contributed by atoms with E-state index in [0.717, 1.165) is 5.56 Å². The predicted octanol–water partition coefficient (Wildman–Crippen LogP) is 2.43. The van der Waals surface area contributed by atoms with Crippen molar-refractivity contribution in [3.05, 3.63) is 35.2 Å². The lowest BCUT2D eigenvalue weighted by molar-refractivity contribution is -0.144. The van der Waals surface area contributed by atoms with E-state index in [2.05, 4.69) is 10.1 Å². The predicted molar refractivity (Wildman–Crippen MR) is 82.6 cm³/mol. The molecule has 7 heteroatoms. The molecule has 0 fully saturated rings. The number of carbonyl (C=O) groups excluding carboxylic acids is 1. The molecule has 0 unspecified atom stereocenters. The van der Waals surface area contributed by atoms with E-state index in [-0.39, 0.29) is 12.5 Å². The molecule has 0 bridgehead atoms. The highest BCUT2D eigenvalue weighted by Crippen LogP contribution is 2.18. The maximum Gasteiger partial charge on any atom is 0.320 e. The molecule has 22 heavy (non-hydrogen) atoms. The zero-order valence-electron chi connectivity index (χ0n) is 12.6. The number of hydrogen-bond donors (Lipinski definition) is 0. The zero-order chi connectivity index (χ0) is 15.9. The first-order valence-electron chi connectivity index (χ1n) is 7.01. The summed E-state index contributed by atoms with van der Waals surface area (Å²) in [5, 5.41) is 4.61. The summed E-state index contributed by atoms with van der Waals surface area (Å²) in [6.07, 6.45) is 0.566. The van der Waals surface area contributed by atoms with Gasteiger partial charge in [0.1, 0.15) is 0 Å². The van der Waals surface area contributed by atoms with E-state index < -0.39 is 0 Å². The first-order valence-corrected chi connectivity index (χ1v) is 7.39. The van der Waals surface area contributed by atoms with E-state index in [4.69, 9.17) is 20.9 Å². The molecule has 0 atom stereocenters. The van der Waals surface area contributed by atoms with E-state index in [1.807, 2.05) is 24.1 Å². The zero-order valence-corrected chi connectivity index (χ0v) is 13.3. The second-order valence-electron chi connectivity index (χ2n) is 4.81. The second-order valence-corrected chi connectivity index (χ2v) is 5.25. The SMILES string of the molecule is CCOC(=O)CN(C)CCc1nc(-c2ccc(Cl)cc2)no1. The molecule has 0 aliphatic carbocycles. The number of hydrogen-bond acceptors (Lipinski definition) is 6. The number of esters is 1. The van der Waals surface area contributed by atoms with Crippen molar-refractivity contribution in [1.29, 1.82) is 0 Å². The van der Waals surface area contributed by atoms with E-state index in [1.165, 1.54) is 0 Å². The van der Waals surface area contributed by atoms with Crippen molar-refractivity contribution in [2.24, 2.45) is 0 Å². The lowest BCUT2D eigenvalue weighted by Gasteiger charge is -2.13. The molecule has 0 saturated heterocycles. The molecule has 0 spiro atoms. The highest BCUT2D eigenvalue weighted by molar-refractivity contribution is 6.30. The van der Waals surface area contributed by atoms with Gasteiger partial charge in [-0.05, 0) is 38.2 Å². The number of aromatic nitrogens is 2. The Kier molecular flexibility index (Phi) is 5.91. The summed E-state index contributed by atoms with van der Waals surface area (Å²) in [4.78, 5) is 17.5. The molecule has 118 valence electrons. The van der Waals surface area contributed by atoms with E-state index in [1.54, 1.807) is 19.1 Å². The molecule has 0 N–H and O–H groups in total. The molecule has 0 aliphatic heterocycles. The number of nitrogens with zero attached hydrogens (tertiary/aromatic N) is 3. The van der Waals surface area contributed by atoms with Crippen LogP contribution in [0.3, 0.4) is 0 Å². The summed E-state index contributed by atoms with van der Waals surface area (Å²) in [5.41, 5.74) is 0.847. The van der Waals surface area contributed by atoms with Gasteiger partial charge in [-0.1, -0.05) is 16.8 Å². The van der Waals surface area contributed by atoms with Crippen LogP contribution < -0.4 is 0 Å². The molecule has 0 radical (unpaired) electrons. The van der Waals surface area contributed by atoms with Crippen LogP contribution in [0.5, 0.6) is 0 Å². The fourth-order valence-corrected chi connectivity index (χ4v) is 1.99. The summed E-state index contributed by atoms with van der Waals surface area (Å²) < 4.78 is 10.1. The molecule has 6 nitrogen and oxygen atoms in total. The van der Waals surface area contributed by atoms with Crippen molar-refractivity contribution < 1.29 is 14.1 Å². The topological polar surface area (TPSA) is 68.5 Å². The van der Waals surface area contributed by atoms with Crippen LogP contribution in [0, 0.1) is 0 Å². The third-order valence-electron chi connectivity index (χ3n) is 2.98. The number of ether oxygens (including phenoxy) is 1. The highest BCUT2D eigenvalue weighted by Gasteiger charge is 2.11. The van der Waals surface area contributed by atoms with Crippen LogP contribution in [-0.2, 0) is 16.0 Å². The van der Waals surface area contributed by atoms with Gasteiger partial charge in [-0.15, -0.1) is 0 Å². The second kappa shape index (κ2) is 7.91. The minimum absolute atomic E-state index is 0.239. The molecular formula is C15H18ClN3O3. The third kappa shape index (κ3) is 4.82. The van der Waals surface area contributed by atoms with Crippen molar-refractivity contribution in [3.8, 4) is 11.4 Å². The molecule has 0 amide bonds. The van der Waals surface area contributed by atoms with E-state index in [9.17, 15) is 4.79 Å². The van der Waals surface area contributed by atoms with Crippen LogP contribution >= 0.6 is 11.6 Å². The summed E-state index contributed by atoms with van der Waals surface area (Å²) in [6.45, 7) is 3.04. The summed E-state index contributed by atoms with van der Waals surface area (Å²) in [6, 6.07) is 7.23. The van der Waals surface area contributed by atoms with E-state index >= 15 is 0 Å². The number of rotatable bonds is 7. The fraction of sp³-hybridized carbons (Fsp3) is 0.400. The van der Waals surface area contributed by atoms with Gasteiger partial charge in [0.05, 0.1) is 13.2 Å². The number of halogens is 1. The van der Waals surface area contributed by atoms with Crippen LogP contribution in [0.15, 0.2) is 28.8 Å². The minimum atomic E-state index is -0.239. The minimum Gasteiger partial charge on any atom is -0.465 e. The lowest BCUT2D eigenvalue weighted by atomic mass is 10.2. The Morgan fingerprint density at radius 2 is 2.09 bits per heavy atom. The van der Waals surface area contributed by atoms with Gasteiger partial charge in [0, 0.05) is 23.6 Å². The van der Waals surface area contributed by atoms with Crippen LogP contribution in [0.2, 0.25) is 5.02 Å². The first kappa shape index (κ1) is 16.5. The van der Waals surface area contributed by atoms with Gasteiger partial charge >= 0.3 is 5.97 Å². The van der Waals surface area contributed by atoms with Crippen molar-refractivity contribution >= 4 is 17.6 Å². The van der Waals surface area contributed by atoms with Gasteiger partial charge in [-0.2, -0.15) is 4.98 Å². The van der Waals surface area contributed by atoms with Crippen molar-refractivity contribution in [3.63, 3.8) is 0 Å². The average Bonchev–Trinajstić information content (AvgIpc) is 2.95. The number of benzene rings is 1. The quantitative estimate of drug-likeness (QED) is 0.729. The molecule has 0 saturated carbocycles. The molecule has 1 aromatic carbocycles. The molecule has 1 aromatic heterocycles. The molecule has 2 aromatic rings. The van der Waals surface area contributed by atoms with Gasteiger partial charge in [0.15, 0.2) is 0 Å². The third-order valence-corrected chi connectivity index (χ3v) is 3.23. The molecular weight excluding hydrogens is 306 g/mol. The van der Waals surface area contributed by atoms with Gasteiger partial charge < -0.3 is 9.26 Å². The molecule has 1 heterocycles. The largest absolute Gasteiger partial charge is 0.465 e. The average molecular weight is 324 g/mol. The maximum absolute atomic E-state index is 11.4. The van der Waals surface area contributed by atoms with Gasteiger partial charge in [0.25, 0.3) is 0 Å². The Morgan fingerprint density at radius 3 is 2.77 bits per heavy atom.